The number of aromatic nitrogens is 1. The number of cyclic esters (lactones) is 1. The Morgan fingerprint density at radius 3 is 2.62 bits per heavy atom. The van der Waals surface area contributed by atoms with Crippen LogP contribution >= 0.6 is 0 Å². The highest BCUT2D eigenvalue weighted by Crippen LogP contribution is 2.33. The number of hydrogen-bond acceptors (Lipinski definition) is 7. The molecule has 0 aromatic carbocycles. The second kappa shape index (κ2) is 14.4. The molecule has 5 atom stereocenters. The monoisotopic (exact) mass is 513 g/mol. The number of carbonyl (C=O) groups excluding carboxylic acids is 2. The molecule has 7 nitrogen and oxygen atoms in total. The lowest BCUT2D eigenvalue weighted by atomic mass is 9.72. The molecule has 0 fully saturated rings. The highest BCUT2D eigenvalue weighted by molar-refractivity contribution is 5.88. The molecular weight excluding hydrogens is 470 g/mol. The maximum Gasteiger partial charge on any atom is 0.309 e. The van der Waals surface area contributed by atoms with Gasteiger partial charge in [-0.2, -0.15) is 0 Å². The molecule has 2 N–H and O–H groups in total. The van der Waals surface area contributed by atoms with Crippen molar-refractivity contribution in [2.24, 2.45) is 11.3 Å². The molecule has 1 aromatic heterocycles. The maximum atomic E-state index is 13.6. The Labute approximate surface area is 221 Å². The first-order valence-corrected chi connectivity index (χ1v) is 13.0. The van der Waals surface area contributed by atoms with Crippen LogP contribution < -0.4 is 0 Å². The lowest BCUT2D eigenvalue weighted by molar-refractivity contribution is -0.155. The molecule has 37 heavy (non-hydrogen) atoms. The zero-order valence-electron chi connectivity index (χ0n) is 23.0. The Kier molecular flexibility index (Phi) is 11.9. The van der Waals surface area contributed by atoms with E-state index in [9.17, 15) is 19.8 Å². The van der Waals surface area contributed by atoms with Crippen LogP contribution in [0, 0.1) is 11.3 Å². The second-order valence-electron chi connectivity index (χ2n) is 10.4. The molecule has 7 heteroatoms. The smallest absolute Gasteiger partial charge is 0.309 e. The van der Waals surface area contributed by atoms with Gasteiger partial charge in [-0.25, -0.2) is 0 Å². The molecular formula is C30H43NO6. The third-order valence-electron chi connectivity index (χ3n) is 7.09. The van der Waals surface area contributed by atoms with E-state index in [0.717, 1.165) is 16.8 Å². The Balaban J connectivity index is 2.38. The summed E-state index contributed by atoms with van der Waals surface area (Å²) >= 11 is 0. The molecule has 2 heterocycles. The van der Waals surface area contributed by atoms with Crippen molar-refractivity contribution in [3.63, 3.8) is 0 Å². The van der Waals surface area contributed by atoms with Crippen molar-refractivity contribution in [1.29, 1.82) is 0 Å². The van der Waals surface area contributed by atoms with Crippen molar-refractivity contribution in [3.8, 4) is 0 Å². The van der Waals surface area contributed by atoms with Gasteiger partial charge in [0.05, 0.1) is 48.4 Å². The number of ketones is 1. The Hall–Kier alpha value is -2.61. The summed E-state index contributed by atoms with van der Waals surface area (Å²) in [5, 5.41) is 22.0. The van der Waals surface area contributed by atoms with E-state index in [1.165, 1.54) is 0 Å². The van der Waals surface area contributed by atoms with Gasteiger partial charge in [0.15, 0.2) is 0 Å². The molecule has 1 aliphatic heterocycles. The van der Waals surface area contributed by atoms with E-state index >= 15 is 0 Å². The molecule has 1 aromatic rings. The average molecular weight is 514 g/mol. The van der Waals surface area contributed by atoms with Crippen LogP contribution in [0.15, 0.2) is 53.8 Å². The van der Waals surface area contributed by atoms with Gasteiger partial charge in [0.25, 0.3) is 0 Å². The van der Waals surface area contributed by atoms with Gasteiger partial charge < -0.3 is 19.7 Å². The van der Waals surface area contributed by atoms with E-state index in [2.05, 4.69) is 4.98 Å². The first kappa shape index (κ1) is 30.6. The fraction of sp³-hybridized carbons (Fsp3) is 0.567. The summed E-state index contributed by atoms with van der Waals surface area (Å²) in [5.41, 5.74) is 1.35. The summed E-state index contributed by atoms with van der Waals surface area (Å²) in [4.78, 5) is 30.9. The van der Waals surface area contributed by atoms with Gasteiger partial charge in [0.1, 0.15) is 11.9 Å². The second-order valence-corrected chi connectivity index (χ2v) is 10.4. The fourth-order valence-corrected chi connectivity index (χ4v) is 4.30. The van der Waals surface area contributed by atoms with Gasteiger partial charge in [-0.1, -0.05) is 43.7 Å². The summed E-state index contributed by atoms with van der Waals surface area (Å²) in [5.74, 6) is -1.69. The van der Waals surface area contributed by atoms with Crippen LogP contribution in [-0.4, -0.2) is 58.0 Å². The van der Waals surface area contributed by atoms with E-state index in [1.807, 2.05) is 63.3 Å². The van der Waals surface area contributed by atoms with E-state index < -0.39 is 41.7 Å². The molecule has 1 aliphatic rings. The highest BCUT2D eigenvalue weighted by atomic mass is 16.5. The molecule has 0 aliphatic carbocycles. The van der Waals surface area contributed by atoms with Crippen molar-refractivity contribution in [2.75, 3.05) is 6.61 Å². The number of Topliss-reactive ketones (excluding diaryl/α,β-unsaturated/α-hetero) is 1. The molecule has 0 unspecified atom stereocenters. The number of nitrogens with zero attached hydrogens (tertiary/aromatic N) is 1. The molecule has 0 spiro atoms. The third kappa shape index (κ3) is 9.02. The highest BCUT2D eigenvalue weighted by Gasteiger charge is 2.44. The number of allylic oxidation sites excluding steroid dienone is 2. The van der Waals surface area contributed by atoms with E-state index in [4.69, 9.17) is 9.47 Å². The van der Waals surface area contributed by atoms with Crippen molar-refractivity contribution >= 4 is 17.8 Å². The molecule has 0 saturated carbocycles. The van der Waals surface area contributed by atoms with Gasteiger partial charge in [-0.05, 0) is 64.3 Å². The molecule has 0 radical (unpaired) electrons. The Morgan fingerprint density at radius 2 is 1.97 bits per heavy atom. The normalized spacial score (nSPS) is 30.5. The zero-order valence-corrected chi connectivity index (χ0v) is 23.0. The number of ether oxygens (including phenoxy) is 2. The van der Waals surface area contributed by atoms with Crippen LogP contribution in [0.4, 0.5) is 0 Å². The minimum atomic E-state index is -1.28. The van der Waals surface area contributed by atoms with Crippen LogP contribution in [0.2, 0.25) is 0 Å². The zero-order chi connectivity index (χ0) is 27.6. The van der Waals surface area contributed by atoms with E-state index in [0.29, 0.717) is 25.9 Å². The SMILES string of the molecule is C/C=C/C[C@H]1C(=O)C(C)(C)[C@@H](O)CC(=O)O[C@H](/C(C)=C/c2ccccn2)C/C=C(/C)CCO[C@H](C)[C@H]1O. The fourth-order valence-electron chi connectivity index (χ4n) is 4.30. The minimum Gasteiger partial charge on any atom is -0.457 e. The Bertz CT molecular complexity index is 981. The van der Waals surface area contributed by atoms with Gasteiger partial charge in [-0.15, -0.1) is 0 Å². The molecule has 2 rings (SSSR count). The van der Waals surface area contributed by atoms with Crippen LogP contribution in [0.5, 0.6) is 0 Å². The number of aliphatic hydroxyl groups excluding tert-OH is 2. The first-order chi connectivity index (χ1) is 17.5. The lowest BCUT2D eigenvalue weighted by Gasteiger charge is -2.35. The third-order valence-corrected chi connectivity index (χ3v) is 7.09. The largest absolute Gasteiger partial charge is 0.457 e. The molecule has 0 saturated heterocycles. The summed E-state index contributed by atoms with van der Waals surface area (Å²) in [6.07, 6.45) is 6.83. The van der Waals surface area contributed by atoms with Gasteiger partial charge >= 0.3 is 5.97 Å². The Morgan fingerprint density at radius 1 is 1.24 bits per heavy atom. The molecule has 0 amide bonds. The summed E-state index contributed by atoms with van der Waals surface area (Å²) in [6.45, 7) is 11.1. The van der Waals surface area contributed by atoms with Gasteiger partial charge in [-0.3, -0.25) is 14.6 Å². The van der Waals surface area contributed by atoms with Crippen LogP contribution in [-0.2, 0) is 19.1 Å². The van der Waals surface area contributed by atoms with E-state index in [-0.39, 0.29) is 12.2 Å². The van der Waals surface area contributed by atoms with Crippen molar-refractivity contribution in [1.82, 2.24) is 4.98 Å². The molecule has 204 valence electrons. The number of rotatable bonds is 4. The predicted octanol–water partition coefficient (Wildman–Crippen LogP) is 4.83. The van der Waals surface area contributed by atoms with Gasteiger partial charge in [0, 0.05) is 12.6 Å². The van der Waals surface area contributed by atoms with Gasteiger partial charge in [0.2, 0.25) is 0 Å². The summed E-state index contributed by atoms with van der Waals surface area (Å²) in [7, 11) is 0. The van der Waals surface area contributed by atoms with Crippen LogP contribution in [0.1, 0.15) is 72.9 Å². The molecule has 0 bridgehead atoms. The number of carbonyl (C=O) groups is 2. The minimum absolute atomic E-state index is 0.309. The number of esters is 1. The number of hydrogen-bond donors (Lipinski definition) is 2. The van der Waals surface area contributed by atoms with Crippen molar-refractivity contribution in [3.05, 3.63) is 59.5 Å². The quantitative estimate of drug-likeness (QED) is 0.439. The number of pyridine rings is 1. The lowest BCUT2D eigenvalue weighted by Crippen LogP contribution is -2.48. The summed E-state index contributed by atoms with van der Waals surface area (Å²) < 4.78 is 11.7. The van der Waals surface area contributed by atoms with Crippen molar-refractivity contribution < 1.29 is 29.3 Å². The predicted molar refractivity (Wildman–Crippen MR) is 145 cm³/mol. The van der Waals surface area contributed by atoms with E-state index in [1.54, 1.807) is 27.0 Å². The van der Waals surface area contributed by atoms with Crippen molar-refractivity contribution in [2.45, 2.75) is 91.6 Å². The average Bonchev–Trinajstić information content (AvgIpc) is 2.86. The number of aliphatic hydroxyl groups is 2. The van der Waals surface area contributed by atoms with Crippen LogP contribution in [0.3, 0.4) is 0 Å². The topological polar surface area (TPSA) is 106 Å². The first-order valence-electron chi connectivity index (χ1n) is 13.0. The maximum absolute atomic E-state index is 13.6. The summed E-state index contributed by atoms with van der Waals surface area (Å²) in [6, 6.07) is 5.59. The van der Waals surface area contributed by atoms with Crippen LogP contribution in [0.25, 0.3) is 6.08 Å². The standard InChI is InChI=1S/C30H43NO6/c1-7-8-12-24-28(34)22(4)36-17-15-20(2)13-14-25(21(3)18-23-11-9-10-16-31-23)37-27(33)19-26(32)30(5,6)29(24)35/h7-11,13,16,18,22,24-26,28,32,34H,12,14-15,17,19H2,1-6H3/b8-7+,20-13-,21-18+/t22-,24-,25+,26+,28-/m1/s1.